The molecule has 8 rings (SSSR count). The number of rotatable bonds is 10. The summed E-state index contributed by atoms with van der Waals surface area (Å²) in [5.41, 5.74) is 4.17. The molecule has 0 spiro atoms. The van der Waals surface area contributed by atoms with Crippen molar-refractivity contribution in [2.24, 2.45) is 0 Å². The number of hydrogen-bond acceptors (Lipinski definition) is 10. The van der Waals surface area contributed by atoms with Crippen molar-refractivity contribution in [3.05, 3.63) is 89.4 Å². The molecule has 0 radical (unpaired) electrons. The lowest BCUT2D eigenvalue weighted by Gasteiger charge is -2.42. The number of amides is 4. The van der Waals surface area contributed by atoms with Gasteiger partial charge >= 0.3 is 0 Å². The second-order valence-electron chi connectivity index (χ2n) is 16.2. The second kappa shape index (κ2) is 16.0. The number of aliphatic hydroxyl groups is 1. The molecule has 4 N–H and O–H groups in total. The molecule has 5 aromatic rings. The minimum absolute atomic E-state index is 0.196. The maximum absolute atomic E-state index is 13.5. The average Bonchev–Trinajstić information content (AvgIpc) is 3.85. The molecule has 3 aliphatic rings. The van der Waals surface area contributed by atoms with Gasteiger partial charge in [-0.1, -0.05) is 12.1 Å². The number of imide groups is 1. The fraction of sp³-hybridized carbons (Fsp3) is 0.419. The minimum Gasteiger partial charge on any atom is -0.386 e. The van der Waals surface area contributed by atoms with E-state index in [0.29, 0.717) is 46.9 Å². The Morgan fingerprint density at radius 3 is 2.41 bits per heavy atom. The molecular weight excluding hydrogens is 737 g/mol. The molecule has 1 saturated carbocycles. The standard InChI is InChI=1S/C43H48N10O5/c1-43(2,58)34-23-36-29(22-37(34)47-42(57)38-14-12-33-21-28(24-44)25-45-53(33)38)26-52(49-36)32-10-8-31(9-11-32)51-19-17-50(18-20-51)30-6-3-27(4-7-30)5-15-39(54)46-35-13-16-40(55)48-41(35)56/h3-4,6-7,12,14,21-23,25-26,31-32,35,58H,5,8-11,13,15-20H2,1-2H3,(H,46,54)(H,47,57)(H,48,55,56)/t31-,32-,35?. The summed E-state index contributed by atoms with van der Waals surface area (Å²) in [6.07, 6.45) is 9.07. The van der Waals surface area contributed by atoms with E-state index in [-0.39, 0.29) is 36.6 Å². The Morgan fingerprint density at radius 1 is 0.966 bits per heavy atom. The number of piperazine rings is 1. The molecule has 58 heavy (non-hydrogen) atoms. The zero-order valence-corrected chi connectivity index (χ0v) is 32.8. The van der Waals surface area contributed by atoms with E-state index in [1.807, 2.05) is 18.3 Å². The lowest BCUT2D eigenvalue weighted by atomic mass is 9.90. The van der Waals surface area contributed by atoms with Crippen LogP contribution in [0.5, 0.6) is 0 Å². The van der Waals surface area contributed by atoms with Gasteiger partial charge in [-0.25, -0.2) is 4.52 Å². The number of aromatic nitrogens is 4. The summed E-state index contributed by atoms with van der Waals surface area (Å²) in [7, 11) is 0. The van der Waals surface area contributed by atoms with Crippen molar-refractivity contribution >= 4 is 51.4 Å². The highest BCUT2D eigenvalue weighted by molar-refractivity contribution is 6.05. The number of fused-ring (bicyclic) bond motifs is 2. The van der Waals surface area contributed by atoms with E-state index >= 15 is 0 Å². The Bertz CT molecular complexity index is 2410. The van der Waals surface area contributed by atoms with Crippen LogP contribution in [-0.2, 0) is 26.4 Å². The Hall–Kier alpha value is -6.11. The van der Waals surface area contributed by atoms with Crippen LogP contribution in [0.4, 0.5) is 11.4 Å². The molecule has 3 aromatic heterocycles. The average molecular weight is 785 g/mol. The van der Waals surface area contributed by atoms with Gasteiger partial charge in [-0.05, 0) is 100 Å². The van der Waals surface area contributed by atoms with Gasteiger partial charge in [0.15, 0.2) is 0 Å². The molecule has 1 aliphatic carbocycles. The van der Waals surface area contributed by atoms with Gasteiger partial charge in [-0.15, -0.1) is 0 Å². The highest BCUT2D eigenvalue weighted by Crippen LogP contribution is 2.36. The predicted octanol–water partition coefficient (Wildman–Crippen LogP) is 4.20. The molecule has 15 nitrogen and oxygen atoms in total. The summed E-state index contributed by atoms with van der Waals surface area (Å²) >= 11 is 0. The molecule has 3 fully saturated rings. The second-order valence-corrected chi connectivity index (χ2v) is 16.2. The van der Waals surface area contributed by atoms with Crippen molar-refractivity contribution in [1.29, 1.82) is 5.26 Å². The van der Waals surface area contributed by atoms with E-state index in [9.17, 15) is 29.5 Å². The van der Waals surface area contributed by atoms with Crippen LogP contribution in [0.15, 0.2) is 67.0 Å². The van der Waals surface area contributed by atoms with Crippen molar-refractivity contribution in [3.8, 4) is 6.07 Å². The van der Waals surface area contributed by atoms with Gasteiger partial charge < -0.3 is 20.6 Å². The van der Waals surface area contributed by atoms with Gasteiger partial charge in [0.1, 0.15) is 17.8 Å². The number of benzene rings is 2. The van der Waals surface area contributed by atoms with Crippen LogP contribution in [0.3, 0.4) is 0 Å². The monoisotopic (exact) mass is 784 g/mol. The summed E-state index contributed by atoms with van der Waals surface area (Å²) in [5, 5.41) is 38.5. The molecule has 2 saturated heterocycles. The van der Waals surface area contributed by atoms with E-state index in [4.69, 9.17) is 5.10 Å². The number of nitriles is 1. The zero-order valence-electron chi connectivity index (χ0n) is 32.8. The number of piperidine rings is 1. The first kappa shape index (κ1) is 38.7. The summed E-state index contributed by atoms with van der Waals surface area (Å²) in [6.45, 7) is 7.26. The maximum atomic E-state index is 13.5. The quantitative estimate of drug-likeness (QED) is 0.150. The first-order valence-electron chi connectivity index (χ1n) is 20.1. The first-order chi connectivity index (χ1) is 27.9. The number of aryl methyl sites for hydroxylation is 1. The number of nitrogens with one attached hydrogen (secondary N) is 3. The van der Waals surface area contributed by atoms with E-state index in [0.717, 1.165) is 68.3 Å². The van der Waals surface area contributed by atoms with Crippen molar-refractivity contribution in [1.82, 2.24) is 34.9 Å². The molecule has 300 valence electrons. The van der Waals surface area contributed by atoms with Crippen molar-refractivity contribution < 1.29 is 24.3 Å². The minimum atomic E-state index is -1.24. The summed E-state index contributed by atoms with van der Waals surface area (Å²) in [5.74, 6) is -1.31. The van der Waals surface area contributed by atoms with Gasteiger partial charge in [0, 0.05) is 73.6 Å². The maximum Gasteiger partial charge on any atom is 0.274 e. The topological polar surface area (TPSA) is 190 Å². The third kappa shape index (κ3) is 8.30. The summed E-state index contributed by atoms with van der Waals surface area (Å²) < 4.78 is 3.55. The SMILES string of the molecule is CC(C)(O)c1cc2nn([C@H]3CC[C@H](N4CCN(c5ccc(CCC(=O)NC6CCC(=O)NC6=O)cc5)CC4)CC3)cc2cc1NC(=O)c1ccc2cc(C#N)cnn12. The third-order valence-corrected chi connectivity index (χ3v) is 11.8. The zero-order chi connectivity index (χ0) is 40.6. The molecule has 1 atom stereocenters. The smallest absolute Gasteiger partial charge is 0.274 e. The molecule has 1 unspecified atom stereocenters. The fourth-order valence-electron chi connectivity index (χ4n) is 8.57. The molecule has 2 aliphatic heterocycles. The van der Waals surface area contributed by atoms with E-state index in [1.165, 1.54) is 16.4 Å². The largest absolute Gasteiger partial charge is 0.386 e. The van der Waals surface area contributed by atoms with Gasteiger partial charge in [-0.2, -0.15) is 15.5 Å². The van der Waals surface area contributed by atoms with E-state index < -0.39 is 17.6 Å². The summed E-state index contributed by atoms with van der Waals surface area (Å²) in [6, 6.07) is 19.4. The predicted molar refractivity (Wildman–Crippen MR) is 217 cm³/mol. The van der Waals surface area contributed by atoms with Crippen LogP contribution in [0.25, 0.3) is 16.4 Å². The Kier molecular flexibility index (Phi) is 10.7. The third-order valence-electron chi connectivity index (χ3n) is 11.8. The van der Waals surface area contributed by atoms with Crippen LogP contribution in [0.1, 0.15) is 92.0 Å². The van der Waals surface area contributed by atoms with Crippen molar-refractivity contribution in [3.63, 3.8) is 0 Å². The highest BCUT2D eigenvalue weighted by Gasteiger charge is 2.31. The fourth-order valence-corrected chi connectivity index (χ4v) is 8.57. The van der Waals surface area contributed by atoms with Gasteiger partial charge in [0.25, 0.3) is 5.91 Å². The van der Waals surface area contributed by atoms with Crippen molar-refractivity contribution in [2.45, 2.75) is 88.9 Å². The number of nitrogens with zero attached hydrogens (tertiary/aromatic N) is 7. The Morgan fingerprint density at radius 2 is 1.71 bits per heavy atom. The lowest BCUT2D eigenvalue weighted by molar-refractivity contribution is -0.137. The number of anilines is 2. The first-order valence-corrected chi connectivity index (χ1v) is 20.1. The molecule has 15 heteroatoms. The molecule has 5 heterocycles. The molecule has 4 amide bonds. The van der Waals surface area contributed by atoms with Crippen LogP contribution >= 0.6 is 0 Å². The Labute approximate surface area is 336 Å². The van der Waals surface area contributed by atoms with Gasteiger partial charge in [0.2, 0.25) is 17.7 Å². The van der Waals surface area contributed by atoms with E-state index in [2.05, 4.69) is 65.9 Å². The normalized spacial score (nSPS) is 20.5. The van der Waals surface area contributed by atoms with Crippen LogP contribution < -0.4 is 20.9 Å². The molecular formula is C43H48N10O5. The molecule has 2 aromatic carbocycles. The van der Waals surface area contributed by atoms with Gasteiger partial charge in [-0.3, -0.25) is 34.1 Å². The number of carbonyl (C=O) groups is 4. The highest BCUT2D eigenvalue weighted by atomic mass is 16.3. The van der Waals surface area contributed by atoms with Crippen LogP contribution in [-0.4, -0.2) is 91.3 Å². The number of hydrogen-bond donors (Lipinski definition) is 4. The van der Waals surface area contributed by atoms with Crippen LogP contribution in [0, 0.1) is 11.3 Å². The van der Waals surface area contributed by atoms with Gasteiger partial charge in [0.05, 0.1) is 34.4 Å². The lowest BCUT2D eigenvalue weighted by Crippen LogP contribution is -2.52. The van der Waals surface area contributed by atoms with Crippen LogP contribution in [0.2, 0.25) is 0 Å². The Balaban J connectivity index is 0.835. The van der Waals surface area contributed by atoms with E-state index in [1.54, 1.807) is 32.0 Å². The van der Waals surface area contributed by atoms with Crippen molar-refractivity contribution in [2.75, 3.05) is 36.4 Å². The summed E-state index contributed by atoms with van der Waals surface area (Å²) in [4.78, 5) is 54.3. The molecule has 0 bridgehead atoms. The number of carbonyl (C=O) groups excluding carboxylic acids is 4.